The summed E-state index contributed by atoms with van der Waals surface area (Å²) in [7, 11) is 3.25. The van der Waals surface area contributed by atoms with Crippen LogP contribution in [-0.4, -0.2) is 34.4 Å². The second-order valence-corrected chi connectivity index (χ2v) is 3.51. The summed E-state index contributed by atoms with van der Waals surface area (Å²) < 4.78 is 12.1. The summed E-state index contributed by atoms with van der Waals surface area (Å²) in [6.07, 6.45) is 2.44. The number of aryl methyl sites for hydroxylation is 2. The Balaban J connectivity index is 2.06. The Morgan fingerprint density at radius 3 is 2.65 bits per heavy atom. The van der Waals surface area contributed by atoms with Crippen LogP contribution in [0.15, 0.2) is 24.5 Å². The summed E-state index contributed by atoms with van der Waals surface area (Å²) in [5.41, 5.74) is 1.15. The number of benzene rings is 1. The van der Waals surface area contributed by atoms with Gasteiger partial charge in [-0.3, -0.25) is 0 Å². The number of aromatic nitrogens is 4. The van der Waals surface area contributed by atoms with E-state index in [0.717, 1.165) is 30.0 Å². The zero-order chi connectivity index (χ0) is 12.1. The molecule has 0 N–H and O–H groups in total. The van der Waals surface area contributed by atoms with Crippen molar-refractivity contribution in [1.29, 1.82) is 0 Å². The van der Waals surface area contributed by atoms with E-state index in [1.807, 2.05) is 18.2 Å². The minimum atomic E-state index is 0.735. The zero-order valence-electron chi connectivity index (χ0n) is 9.83. The van der Waals surface area contributed by atoms with Crippen LogP contribution in [0.2, 0.25) is 0 Å². The highest BCUT2D eigenvalue weighted by Crippen LogP contribution is 2.27. The van der Waals surface area contributed by atoms with Gasteiger partial charge < -0.3 is 9.47 Å². The van der Waals surface area contributed by atoms with Crippen LogP contribution in [0.4, 0.5) is 0 Å². The van der Waals surface area contributed by atoms with E-state index in [0.29, 0.717) is 0 Å². The van der Waals surface area contributed by atoms with Crippen LogP contribution in [-0.2, 0) is 13.0 Å². The van der Waals surface area contributed by atoms with Gasteiger partial charge in [-0.2, -0.15) is 0 Å². The highest BCUT2D eigenvalue weighted by molar-refractivity contribution is 5.42. The molecule has 0 aliphatic carbocycles. The van der Waals surface area contributed by atoms with Crippen LogP contribution in [0, 0.1) is 0 Å². The van der Waals surface area contributed by atoms with Gasteiger partial charge in [0.15, 0.2) is 11.5 Å². The van der Waals surface area contributed by atoms with Gasteiger partial charge in [-0.15, -0.1) is 5.10 Å². The number of rotatable bonds is 5. The lowest BCUT2D eigenvalue weighted by Gasteiger charge is -2.09. The molecule has 6 nitrogen and oxygen atoms in total. The number of methoxy groups -OCH3 is 2. The van der Waals surface area contributed by atoms with Crippen molar-refractivity contribution in [3.05, 3.63) is 30.1 Å². The molecule has 0 radical (unpaired) electrons. The van der Waals surface area contributed by atoms with E-state index >= 15 is 0 Å². The van der Waals surface area contributed by atoms with Crippen molar-refractivity contribution in [2.75, 3.05) is 14.2 Å². The highest BCUT2D eigenvalue weighted by atomic mass is 16.5. The van der Waals surface area contributed by atoms with Crippen molar-refractivity contribution in [3.8, 4) is 11.5 Å². The lowest BCUT2D eigenvalue weighted by Crippen LogP contribution is -2.02. The largest absolute Gasteiger partial charge is 0.493 e. The summed E-state index contributed by atoms with van der Waals surface area (Å²) in [6.45, 7) is 0.739. The standard InChI is InChI=1S/C11H14N4O2/c1-16-10-4-3-9(7-11(10)17-2)5-6-15-8-12-13-14-15/h3-4,7-8H,5-6H2,1-2H3. The fourth-order valence-electron chi connectivity index (χ4n) is 1.56. The van der Waals surface area contributed by atoms with Gasteiger partial charge in [0.1, 0.15) is 6.33 Å². The average molecular weight is 234 g/mol. The van der Waals surface area contributed by atoms with Crippen molar-refractivity contribution < 1.29 is 9.47 Å². The third-order valence-electron chi connectivity index (χ3n) is 2.47. The summed E-state index contributed by atoms with van der Waals surface area (Å²) in [5.74, 6) is 1.47. The second-order valence-electron chi connectivity index (χ2n) is 3.51. The first-order valence-corrected chi connectivity index (χ1v) is 5.25. The Kier molecular flexibility index (Phi) is 3.54. The van der Waals surface area contributed by atoms with Crippen molar-refractivity contribution in [1.82, 2.24) is 20.2 Å². The van der Waals surface area contributed by atoms with Crippen LogP contribution >= 0.6 is 0 Å². The van der Waals surface area contributed by atoms with Crippen LogP contribution in [0.5, 0.6) is 11.5 Å². The van der Waals surface area contributed by atoms with Gasteiger partial charge in [-0.25, -0.2) is 4.68 Å². The van der Waals surface area contributed by atoms with E-state index in [9.17, 15) is 0 Å². The molecule has 0 unspecified atom stereocenters. The van der Waals surface area contributed by atoms with E-state index in [2.05, 4.69) is 15.5 Å². The topological polar surface area (TPSA) is 62.1 Å². The average Bonchev–Trinajstić information content (AvgIpc) is 2.89. The molecule has 1 aromatic heterocycles. The first-order valence-electron chi connectivity index (χ1n) is 5.25. The maximum Gasteiger partial charge on any atom is 0.160 e. The van der Waals surface area contributed by atoms with Gasteiger partial charge in [0.05, 0.1) is 14.2 Å². The summed E-state index contributed by atoms with van der Waals surface area (Å²) in [6, 6.07) is 5.86. The molecular formula is C11H14N4O2. The van der Waals surface area contributed by atoms with Crippen molar-refractivity contribution in [2.24, 2.45) is 0 Å². The van der Waals surface area contributed by atoms with Crippen LogP contribution in [0.1, 0.15) is 5.56 Å². The number of ether oxygens (including phenoxy) is 2. The van der Waals surface area contributed by atoms with Crippen LogP contribution < -0.4 is 9.47 Å². The van der Waals surface area contributed by atoms with Gasteiger partial charge in [0.25, 0.3) is 0 Å². The third kappa shape index (κ3) is 2.72. The molecular weight excluding hydrogens is 220 g/mol. The van der Waals surface area contributed by atoms with Gasteiger partial charge in [0, 0.05) is 6.54 Å². The molecule has 0 bridgehead atoms. The third-order valence-corrected chi connectivity index (χ3v) is 2.47. The van der Waals surface area contributed by atoms with E-state index in [1.54, 1.807) is 25.2 Å². The Hall–Kier alpha value is -2.11. The molecule has 6 heteroatoms. The molecule has 0 atom stereocenters. The van der Waals surface area contributed by atoms with Crippen molar-refractivity contribution >= 4 is 0 Å². The number of hydrogen-bond donors (Lipinski definition) is 0. The molecule has 0 fully saturated rings. The lowest BCUT2D eigenvalue weighted by molar-refractivity contribution is 0.354. The monoisotopic (exact) mass is 234 g/mol. The number of nitrogens with zero attached hydrogens (tertiary/aromatic N) is 4. The molecule has 0 spiro atoms. The molecule has 0 amide bonds. The Morgan fingerprint density at radius 2 is 2.00 bits per heavy atom. The first kappa shape index (κ1) is 11.4. The molecule has 2 aromatic rings. The first-order chi connectivity index (χ1) is 8.33. The predicted molar refractivity (Wildman–Crippen MR) is 61.1 cm³/mol. The molecule has 1 aromatic carbocycles. The summed E-state index contributed by atoms with van der Waals surface area (Å²) in [5, 5.41) is 11.0. The van der Waals surface area contributed by atoms with Crippen molar-refractivity contribution in [2.45, 2.75) is 13.0 Å². The van der Waals surface area contributed by atoms with Crippen LogP contribution in [0.25, 0.3) is 0 Å². The van der Waals surface area contributed by atoms with Gasteiger partial charge in [0.2, 0.25) is 0 Å². The van der Waals surface area contributed by atoms with Gasteiger partial charge in [-0.1, -0.05) is 6.07 Å². The molecule has 2 rings (SSSR count). The molecule has 0 saturated carbocycles. The molecule has 90 valence electrons. The quantitative estimate of drug-likeness (QED) is 0.770. The second kappa shape index (κ2) is 5.29. The Bertz CT molecular complexity index is 470. The van der Waals surface area contributed by atoms with Gasteiger partial charge in [-0.05, 0) is 34.5 Å². The highest BCUT2D eigenvalue weighted by Gasteiger charge is 2.04. The number of hydrogen-bond acceptors (Lipinski definition) is 5. The Labute approximate surface area is 99.2 Å². The normalized spacial score (nSPS) is 10.2. The van der Waals surface area contributed by atoms with E-state index in [4.69, 9.17) is 9.47 Å². The molecule has 0 aliphatic rings. The van der Waals surface area contributed by atoms with Crippen molar-refractivity contribution in [3.63, 3.8) is 0 Å². The summed E-state index contributed by atoms with van der Waals surface area (Å²) in [4.78, 5) is 0. The smallest absolute Gasteiger partial charge is 0.160 e. The minimum Gasteiger partial charge on any atom is -0.493 e. The maximum atomic E-state index is 5.24. The molecule has 0 aliphatic heterocycles. The SMILES string of the molecule is COc1ccc(CCn2cnnn2)cc1OC. The van der Waals surface area contributed by atoms with E-state index in [-0.39, 0.29) is 0 Å². The fraction of sp³-hybridized carbons (Fsp3) is 0.364. The minimum absolute atomic E-state index is 0.735. The van der Waals surface area contributed by atoms with Gasteiger partial charge >= 0.3 is 0 Å². The predicted octanol–water partition coefficient (Wildman–Crippen LogP) is 0.933. The molecule has 17 heavy (non-hydrogen) atoms. The summed E-state index contributed by atoms with van der Waals surface area (Å²) >= 11 is 0. The maximum absolute atomic E-state index is 5.24. The molecule has 1 heterocycles. The number of tetrazole rings is 1. The zero-order valence-corrected chi connectivity index (χ0v) is 9.83. The van der Waals surface area contributed by atoms with E-state index < -0.39 is 0 Å². The lowest BCUT2D eigenvalue weighted by atomic mass is 10.1. The Morgan fingerprint density at radius 1 is 1.18 bits per heavy atom. The van der Waals surface area contributed by atoms with E-state index in [1.165, 1.54) is 0 Å². The van der Waals surface area contributed by atoms with Crippen LogP contribution in [0.3, 0.4) is 0 Å². The fourth-order valence-corrected chi connectivity index (χ4v) is 1.56. The molecule has 0 saturated heterocycles.